The van der Waals surface area contributed by atoms with Crippen LogP contribution in [-0.2, 0) is 0 Å². The predicted molar refractivity (Wildman–Crippen MR) is 74.5 cm³/mol. The highest BCUT2D eigenvalue weighted by molar-refractivity contribution is 7.13. The van der Waals surface area contributed by atoms with E-state index in [9.17, 15) is 4.79 Å². The molecular weight excluding hydrogens is 266 g/mol. The molecule has 3 aromatic rings. The second-order valence-corrected chi connectivity index (χ2v) is 5.17. The molecule has 0 radical (unpaired) electrons. The van der Waals surface area contributed by atoms with Crippen molar-refractivity contribution in [3.05, 3.63) is 63.4 Å². The minimum atomic E-state index is -0.0757. The van der Waals surface area contributed by atoms with E-state index in [1.165, 1.54) is 11.3 Å². The zero-order chi connectivity index (χ0) is 12.5. The first kappa shape index (κ1) is 11.4. The number of pyridine rings is 1. The van der Waals surface area contributed by atoms with Crippen LogP contribution in [0, 0.1) is 0 Å². The van der Waals surface area contributed by atoms with Gasteiger partial charge in [0.15, 0.2) is 0 Å². The Balaban J connectivity index is 2.10. The van der Waals surface area contributed by atoms with Gasteiger partial charge in [-0.2, -0.15) is 0 Å². The van der Waals surface area contributed by atoms with E-state index >= 15 is 0 Å². The quantitative estimate of drug-likeness (QED) is 0.656. The highest BCUT2D eigenvalue weighted by Crippen LogP contribution is 2.25. The van der Waals surface area contributed by atoms with Gasteiger partial charge in [-0.3, -0.25) is 9.78 Å². The van der Waals surface area contributed by atoms with Gasteiger partial charge in [0.1, 0.15) is 0 Å². The number of halogens is 1. The van der Waals surface area contributed by atoms with Crippen molar-refractivity contribution < 1.29 is 4.79 Å². The molecule has 0 N–H and O–H groups in total. The van der Waals surface area contributed by atoms with Crippen LogP contribution < -0.4 is 0 Å². The average Bonchev–Trinajstić information content (AvgIpc) is 2.83. The van der Waals surface area contributed by atoms with Crippen molar-refractivity contribution in [3.63, 3.8) is 0 Å². The molecule has 0 saturated carbocycles. The largest absolute Gasteiger partial charge is 0.288 e. The molecule has 0 fully saturated rings. The van der Waals surface area contributed by atoms with Crippen LogP contribution in [0.25, 0.3) is 10.9 Å². The molecule has 0 amide bonds. The predicted octanol–water partition coefficient (Wildman–Crippen LogP) is 4.18. The number of fused-ring (bicyclic) bond motifs is 1. The van der Waals surface area contributed by atoms with Crippen LogP contribution in [0.4, 0.5) is 0 Å². The lowest BCUT2D eigenvalue weighted by atomic mass is 10.1. The Bertz CT molecular complexity index is 735. The van der Waals surface area contributed by atoms with Gasteiger partial charge in [-0.15, -0.1) is 11.3 Å². The van der Waals surface area contributed by atoms with Crippen molar-refractivity contribution in [2.75, 3.05) is 0 Å². The van der Waals surface area contributed by atoms with Crippen molar-refractivity contribution in [2.45, 2.75) is 0 Å². The minimum absolute atomic E-state index is 0.0757. The number of thiophene rings is 1. The maximum Gasteiger partial charge on any atom is 0.206 e. The fourth-order valence-corrected chi connectivity index (χ4v) is 2.88. The Hall–Kier alpha value is -1.71. The summed E-state index contributed by atoms with van der Waals surface area (Å²) in [5.41, 5.74) is 1.45. The van der Waals surface area contributed by atoms with Gasteiger partial charge in [-0.1, -0.05) is 29.8 Å². The topological polar surface area (TPSA) is 30.0 Å². The number of benzene rings is 1. The average molecular weight is 274 g/mol. The molecule has 0 unspecified atom stereocenters. The van der Waals surface area contributed by atoms with Crippen LogP contribution >= 0.6 is 22.9 Å². The molecular formula is C14H8ClNOS. The van der Waals surface area contributed by atoms with E-state index in [0.29, 0.717) is 15.5 Å². The van der Waals surface area contributed by atoms with E-state index < -0.39 is 0 Å². The van der Waals surface area contributed by atoms with Crippen molar-refractivity contribution >= 4 is 39.6 Å². The Kier molecular flexibility index (Phi) is 2.86. The first-order chi connectivity index (χ1) is 8.75. The number of ketones is 1. The first-order valence-electron chi connectivity index (χ1n) is 5.38. The lowest BCUT2D eigenvalue weighted by Gasteiger charge is -2.01. The second-order valence-electron chi connectivity index (χ2n) is 3.84. The lowest BCUT2D eigenvalue weighted by molar-refractivity contribution is 0.104. The van der Waals surface area contributed by atoms with Crippen molar-refractivity contribution in [1.82, 2.24) is 4.98 Å². The zero-order valence-corrected chi connectivity index (χ0v) is 10.8. The molecule has 2 aromatic heterocycles. The molecule has 0 aliphatic carbocycles. The van der Waals surface area contributed by atoms with Crippen LogP contribution in [-0.4, -0.2) is 10.8 Å². The molecule has 4 heteroatoms. The molecule has 2 nitrogen and oxygen atoms in total. The van der Waals surface area contributed by atoms with Gasteiger partial charge >= 0.3 is 0 Å². The Morgan fingerprint density at radius 1 is 1.22 bits per heavy atom. The van der Waals surface area contributed by atoms with E-state index in [0.717, 1.165) is 10.9 Å². The number of aromatic nitrogens is 1. The summed E-state index contributed by atoms with van der Waals surface area (Å²) >= 11 is 7.32. The second kappa shape index (κ2) is 4.52. The van der Waals surface area contributed by atoms with Crippen molar-refractivity contribution in [3.8, 4) is 0 Å². The highest BCUT2D eigenvalue weighted by Gasteiger charge is 2.14. The smallest absolute Gasteiger partial charge is 0.206 e. The summed E-state index contributed by atoms with van der Waals surface area (Å²) in [6.45, 7) is 0. The molecule has 2 heterocycles. The standard InChI is InChI=1S/C14H8ClNOS/c15-11-5-6-18-14(11)13(17)10-7-9-3-1-2-4-12(9)16-8-10/h1-8H. The molecule has 3 rings (SSSR count). The van der Waals surface area contributed by atoms with Gasteiger partial charge in [0.05, 0.1) is 15.4 Å². The number of carbonyl (C=O) groups is 1. The van der Waals surface area contributed by atoms with Gasteiger partial charge in [0.25, 0.3) is 0 Å². The third-order valence-corrected chi connectivity index (χ3v) is 4.02. The van der Waals surface area contributed by atoms with E-state index in [1.54, 1.807) is 12.3 Å². The van der Waals surface area contributed by atoms with Crippen LogP contribution in [0.1, 0.15) is 15.2 Å². The maximum absolute atomic E-state index is 12.3. The number of hydrogen-bond donors (Lipinski definition) is 0. The summed E-state index contributed by atoms with van der Waals surface area (Å²) in [4.78, 5) is 17.1. The summed E-state index contributed by atoms with van der Waals surface area (Å²) in [6, 6.07) is 11.3. The summed E-state index contributed by atoms with van der Waals surface area (Å²) in [7, 11) is 0. The van der Waals surface area contributed by atoms with Crippen LogP contribution in [0.3, 0.4) is 0 Å². The van der Waals surface area contributed by atoms with E-state index in [4.69, 9.17) is 11.6 Å². The van der Waals surface area contributed by atoms with E-state index in [2.05, 4.69) is 4.98 Å². The first-order valence-corrected chi connectivity index (χ1v) is 6.64. The molecule has 0 saturated heterocycles. The SMILES string of the molecule is O=C(c1cnc2ccccc2c1)c1sccc1Cl. The number of carbonyl (C=O) groups excluding carboxylic acids is 1. The molecule has 0 atom stereocenters. The number of nitrogens with zero attached hydrogens (tertiary/aromatic N) is 1. The van der Waals surface area contributed by atoms with Crippen LogP contribution in [0.2, 0.25) is 5.02 Å². The van der Waals surface area contributed by atoms with Crippen molar-refractivity contribution in [1.29, 1.82) is 0 Å². The molecule has 88 valence electrons. The van der Waals surface area contributed by atoms with Crippen LogP contribution in [0.5, 0.6) is 0 Å². The summed E-state index contributed by atoms with van der Waals surface area (Å²) in [6.07, 6.45) is 1.60. The van der Waals surface area contributed by atoms with Gasteiger partial charge < -0.3 is 0 Å². The maximum atomic E-state index is 12.3. The third kappa shape index (κ3) is 1.92. The highest BCUT2D eigenvalue weighted by atomic mass is 35.5. The summed E-state index contributed by atoms with van der Waals surface area (Å²) in [5, 5.41) is 3.26. The Morgan fingerprint density at radius 3 is 2.83 bits per heavy atom. The van der Waals surface area contributed by atoms with Gasteiger partial charge in [0, 0.05) is 17.1 Å². The van der Waals surface area contributed by atoms with Gasteiger partial charge in [-0.25, -0.2) is 0 Å². The zero-order valence-electron chi connectivity index (χ0n) is 9.26. The van der Waals surface area contributed by atoms with Crippen LogP contribution in [0.15, 0.2) is 48.0 Å². The number of para-hydroxylation sites is 1. The molecule has 0 bridgehead atoms. The molecule has 0 aliphatic rings. The molecule has 18 heavy (non-hydrogen) atoms. The fourth-order valence-electron chi connectivity index (χ4n) is 1.78. The van der Waals surface area contributed by atoms with E-state index in [-0.39, 0.29) is 5.78 Å². The monoisotopic (exact) mass is 273 g/mol. The molecule has 0 aliphatic heterocycles. The Morgan fingerprint density at radius 2 is 2.06 bits per heavy atom. The minimum Gasteiger partial charge on any atom is -0.288 e. The third-order valence-electron chi connectivity index (χ3n) is 2.68. The van der Waals surface area contributed by atoms with Crippen molar-refractivity contribution in [2.24, 2.45) is 0 Å². The van der Waals surface area contributed by atoms with E-state index in [1.807, 2.05) is 35.7 Å². The normalized spacial score (nSPS) is 10.7. The summed E-state index contributed by atoms with van der Waals surface area (Å²) < 4.78 is 0. The number of hydrogen-bond acceptors (Lipinski definition) is 3. The fraction of sp³-hybridized carbons (Fsp3) is 0. The molecule has 1 aromatic carbocycles. The lowest BCUT2D eigenvalue weighted by Crippen LogP contribution is -2.00. The number of rotatable bonds is 2. The van der Waals surface area contributed by atoms with Gasteiger partial charge in [-0.05, 0) is 23.6 Å². The Labute approximate surface area is 113 Å². The summed E-state index contributed by atoms with van der Waals surface area (Å²) in [5.74, 6) is -0.0757. The van der Waals surface area contributed by atoms with Gasteiger partial charge in [0.2, 0.25) is 5.78 Å². The molecule has 0 spiro atoms.